The van der Waals surface area contributed by atoms with Crippen LogP contribution in [0.4, 0.5) is 11.5 Å². The van der Waals surface area contributed by atoms with Crippen LogP contribution >= 0.6 is 0 Å². The topological polar surface area (TPSA) is 98.0 Å². The first-order chi connectivity index (χ1) is 9.97. The molecule has 1 aromatic carbocycles. The van der Waals surface area contributed by atoms with Crippen LogP contribution in [0.25, 0.3) is 0 Å². The van der Waals surface area contributed by atoms with Gasteiger partial charge in [-0.15, -0.1) is 0 Å². The molecule has 2 aromatic rings. The fraction of sp³-hybridized carbons (Fsp3) is 0.286. The van der Waals surface area contributed by atoms with Crippen LogP contribution in [0.1, 0.15) is 25.0 Å². The third-order valence-electron chi connectivity index (χ3n) is 3.16. The molecule has 1 heterocycles. The van der Waals surface area contributed by atoms with Gasteiger partial charge in [-0.2, -0.15) is 0 Å². The molecule has 0 unspecified atom stereocenters. The lowest BCUT2D eigenvalue weighted by Crippen LogP contribution is -2.17. The van der Waals surface area contributed by atoms with Crippen LogP contribution in [0.3, 0.4) is 0 Å². The summed E-state index contributed by atoms with van der Waals surface area (Å²) in [4.78, 5) is 7.97. The number of nitrogen functional groups attached to an aromatic ring is 1. The number of aromatic nitrogens is 2. The van der Waals surface area contributed by atoms with E-state index in [1.165, 1.54) is 18.6 Å². The summed E-state index contributed by atoms with van der Waals surface area (Å²) in [6.07, 6.45) is 5.50. The van der Waals surface area contributed by atoms with Crippen LogP contribution in [0, 0.1) is 0 Å². The van der Waals surface area contributed by atoms with Crippen LogP contribution in [0.15, 0.2) is 35.6 Å². The number of benzene rings is 1. The molecule has 0 fully saturated rings. The molecule has 2 rings (SSSR count). The van der Waals surface area contributed by atoms with Crippen molar-refractivity contribution in [2.45, 2.75) is 31.6 Å². The van der Waals surface area contributed by atoms with E-state index in [1.54, 1.807) is 6.07 Å². The van der Waals surface area contributed by atoms with Gasteiger partial charge in [-0.05, 0) is 36.1 Å². The zero-order chi connectivity index (χ0) is 15.5. The number of rotatable bonds is 5. The first-order valence-corrected chi connectivity index (χ1v) is 8.16. The minimum Gasteiger partial charge on any atom is -0.398 e. The Balaban J connectivity index is 2.51. The molecular formula is C14H18N4O2S. The van der Waals surface area contributed by atoms with Gasteiger partial charge < -0.3 is 5.73 Å². The van der Waals surface area contributed by atoms with Crippen molar-refractivity contribution in [1.29, 1.82) is 0 Å². The molecule has 1 aromatic heterocycles. The predicted molar refractivity (Wildman–Crippen MR) is 82.5 cm³/mol. The Hall–Kier alpha value is -2.15. The first-order valence-electron chi connectivity index (χ1n) is 6.68. The Kier molecular flexibility index (Phi) is 4.42. The normalized spacial score (nSPS) is 11.3. The third kappa shape index (κ3) is 3.30. The molecule has 0 aliphatic carbocycles. The highest BCUT2D eigenvalue weighted by atomic mass is 32.2. The molecule has 0 saturated heterocycles. The number of nitrogens with two attached hydrogens (primary N) is 1. The van der Waals surface area contributed by atoms with Gasteiger partial charge >= 0.3 is 0 Å². The van der Waals surface area contributed by atoms with Gasteiger partial charge in [0.2, 0.25) is 0 Å². The molecule has 3 N–H and O–H groups in total. The van der Waals surface area contributed by atoms with Crippen molar-refractivity contribution in [2.24, 2.45) is 0 Å². The van der Waals surface area contributed by atoms with Crippen molar-refractivity contribution in [2.75, 3.05) is 10.5 Å². The van der Waals surface area contributed by atoms with Gasteiger partial charge in [-0.25, -0.2) is 13.4 Å². The van der Waals surface area contributed by atoms with Crippen molar-refractivity contribution in [3.63, 3.8) is 0 Å². The van der Waals surface area contributed by atoms with Crippen LogP contribution < -0.4 is 10.5 Å². The Bertz CT molecular complexity index is 730. The van der Waals surface area contributed by atoms with Gasteiger partial charge in [-0.1, -0.05) is 13.8 Å². The largest absolute Gasteiger partial charge is 0.398 e. The zero-order valence-electron chi connectivity index (χ0n) is 12.0. The van der Waals surface area contributed by atoms with Crippen molar-refractivity contribution in [3.05, 3.63) is 41.9 Å². The summed E-state index contributed by atoms with van der Waals surface area (Å²) in [7, 11) is -3.74. The molecule has 0 radical (unpaired) electrons. The summed E-state index contributed by atoms with van der Waals surface area (Å²) in [6.45, 7) is 3.82. The van der Waals surface area contributed by atoms with Crippen molar-refractivity contribution < 1.29 is 8.42 Å². The van der Waals surface area contributed by atoms with Gasteiger partial charge in [0.1, 0.15) is 0 Å². The number of nitrogens with one attached hydrogen (secondary N) is 1. The molecule has 0 saturated carbocycles. The van der Waals surface area contributed by atoms with Crippen molar-refractivity contribution in [3.8, 4) is 0 Å². The van der Waals surface area contributed by atoms with Crippen LogP contribution in [0.5, 0.6) is 0 Å². The second-order valence-electron chi connectivity index (χ2n) is 4.56. The number of sulfonamides is 1. The molecule has 0 aliphatic rings. The highest BCUT2D eigenvalue weighted by Gasteiger charge is 2.21. The van der Waals surface area contributed by atoms with Gasteiger partial charge in [0.05, 0.1) is 11.1 Å². The molecule has 7 heteroatoms. The summed E-state index contributed by atoms with van der Waals surface area (Å²) < 4.78 is 27.6. The molecule has 21 heavy (non-hydrogen) atoms. The summed E-state index contributed by atoms with van der Waals surface area (Å²) in [5.41, 5.74) is 7.97. The summed E-state index contributed by atoms with van der Waals surface area (Å²) in [5.74, 6) is 0.181. The lowest BCUT2D eigenvalue weighted by molar-refractivity contribution is 0.600. The average Bonchev–Trinajstić information content (AvgIpc) is 2.47. The minimum absolute atomic E-state index is 0.181. The Morgan fingerprint density at radius 3 is 2.52 bits per heavy atom. The number of nitrogens with zero attached hydrogens (tertiary/aromatic N) is 2. The van der Waals surface area contributed by atoms with Gasteiger partial charge in [0.25, 0.3) is 10.0 Å². The summed E-state index contributed by atoms with van der Waals surface area (Å²) >= 11 is 0. The maximum atomic E-state index is 12.6. The summed E-state index contributed by atoms with van der Waals surface area (Å²) in [5, 5.41) is 0. The van der Waals surface area contributed by atoms with Crippen molar-refractivity contribution >= 4 is 21.5 Å². The smallest absolute Gasteiger partial charge is 0.263 e. The summed E-state index contributed by atoms with van der Waals surface area (Å²) in [6, 6.07) is 3.48. The van der Waals surface area contributed by atoms with Gasteiger partial charge in [0.15, 0.2) is 5.82 Å². The van der Waals surface area contributed by atoms with Crippen LogP contribution in [-0.4, -0.2) is 18.4 Å². The molecule has 0 spiro atoms. The standard InChI is InChI=1S/C14H18N4O2S/c1-3-10-7-12(15)11(4-2)13(8-10)21(19,20)18-14-9-16-5-6-17-14/h5-9H,3-4,15H2,1-2H3,(H,17,18). The highest BCUT2D eigenvalue weighted by molar-refractivity contribution is 7.92. The SMILES string of the molecule is CCc1cc(N)c(CC)c(S(=O)(=O)Nc2cnccn2)c1. The van der Waals surface area contributed by atoms with E-state index in [-0.39, 0.29) is 10.7 Å². The Morgan fingerprint density at radius 1 is 1.19 bits per heavy atom. The van der Waals surface area contributed by atoms with Crippen molar-refractivity contribution in [1.82, 2.24) is 9.97 Å². The quantitative estimate of drug-likeness (QED) is 0.823. The third-order valence-corrected chi connectivity index (χ3v) is 4.58. The zero-order valence-corrected chi connectivity index (χ0v) is 12.8. The highest BCUT2D eigenvalue weighted by Crippen LogP contribution is 2.26. The Morgan fingerprint density at radius 2 is 1.95 bits per heavy atom. The maximum Gasteiger partial charge on any atom is 0.263 e. The number of hydrogen-bond donors (Lipinski definition) is 2. The van der Waals surface area contributed by atoms with E-state index in [0.29, 0.717) is 24.1 Å². The lowest BCUT2D eigenvalue weighted by atomic mass is 10.1. The molecule has 0 atom stereocenters. The fourth-order valence-corrected chi connectivity index (χ4v) is 3.48. The molecule has 0 bridgehead atoms. The van der Waals surface area contributed by atoms with E-state index in [2.05, 4.69) is 14.7 Å². The lowest BCUT2D eigenvalue weighted by Gasteiger charge is -2.14. The van der Waals surface area contributed by atoms with Crippen LogP contribution in [0.2, 0.25) is 0 Å². The van der Waals surface area contributed by atoms with E-state index in [9.17, 15) is 8.42 Å². The molecule has 0 amide bonds. The van der Waals surface area contributed by atoms with E-state index < -0.39 is 10.0 Å². The number of anilines is 2. The maximum absolute atomic E-state index is 12.6. The van der Waals surface area contributed by atoms with Gasteiger partial charge in [0, 0.05) is 18.1 Å². The predicted octanol–water partition coefficient (Wildman–Crippen LogP) is 1.98. The number of hydrogen-bond acceptors (Lipinski definition) is 5. The van der Waals surface area contributed by atoms with E-state index in [0.717, 1.165) is 5.56 Å². The van der Waals surface area contributed by atoms with E-state index in [4.69, 9.17) is 5.73 Å². The molecule has 112 valence electrons. The molecule has 0 aliphatic heterocycles. The average molecular weight is 306 g/mol. The second-order valence-corrected chi connectivity index (χ2v) is 6.22. The van der Waals surface area contributed by atoms with E-state index in [1.807, 2.05) is 19.9 Å². The van der Waals surface area contributed by atoms with Crippen LogP contribution in [-0.2, 0) is 22.9 Å². The van der Waals surface area contributed by atoms with E-state index >= 15 is 0 Å². The molecule has 6 nitrogen and oxygen atoms in total. The first kappa shape index (κ1) is 15.2. The van der Waals surface area contributed by atoms with Gasteiger partial charge in [-0.3, -0.25) is 9.71 Å². The minimum atomic E-state index is -3.74. The second kappa shape index (κ2) is 6.09. The fourth-order valence-electron chi connectivity index (χ4n) is 2.09. The Labute approximate surface area is 124 Å². The number of aryl methyl sites for hydroxylation is 1. The monoisotopic (exact) mass is 306 g/mol. The molecular weight excluding hydrogens is 288 g/mol.